The molecule has 0 fully saturated rings. The first-order valence-electron chi connectivity index (χ1n) is 4.42. The molecule has 86 valence electrons. The van der Waals surface area contributed by atoms with E-state index in [1.54, 1.807) is 6.07 Å². The van der Waals surface area contributed by atoms with Crippen LogP contribution in [0.5, 0.6) is 0 Å². The molecule has 0 aliphatic rings. The number of rotatable bonds is 3. The maximum Gasteiger partial charge on any atom is 0.390 e. The van der Waals surface area contributed by atoms with Gasteiger partial charge in [0.1, 0.15) is 11.9 Å². The van der Waals surface area contributed by atoms with E-state index < -0.39 is 18.4 Å². The third-order valence-corrected chi connectivity index (χ3v) is 1.83. The maximum absolute atomic E-state index is 12.7. The third-order valence-electron chi connectivity index (χ3n) is 1.83. The zero-order valence-electron chi connectivity index (χ0n) is 8.11. The summed E-state index contributed by atoms with van der Waals surface area (Å²) in [6.45, 7) is -0.343. The molecule has 0 aliphatic carbocycles. The first-order valence-corrected chi connectivity index (χ1v) is 4.42. The molecular formula is C10H8F4N2. The van der Waals surface area contributed by atoms with E-state index in [2.05, 4.69) is 5.32 Å². The summed E-state index contributed by atoms with van der Waals surface area (Å²) in [5.41, 5.74) is 0.190. The van der Waals surface area contributed by atoms with E-state index in [9.17, 15) is 17.6 Å². The van der Waals surface area contributed by atoms with Gasteiger partial charge >= 0.3 is 6.18 Å². The van der Waals surface area contributed by atoms with Crippen molar-refractivity contribution >= 4 is 5.69 Å². The number of nitrogens with zero attached hydrogens (tertiary/aromatic N) is 1. The molecule has 0 saturated carbocycles. The van der Waals surface area contributed by atoms with Crippen LogP contribution in [0.2, 0.25) is 0 Å². The van der Waals surface area contributed by atoms with Gasteiger partial charge in [0.15, 0.2) is 0 Å². The lowest BCUT2D eigenvalue weighted by Crippen LogP contribution is -2.15. The summed E-state index contributed by atoms with van der Waals surface area (Å²) >= 11 is 0. The van der Waals surface area contributed by atoms with Gasteiger partial charge in [-0.1, -0.05) is 0 Å². The third kappa shape index (κ3) is 3.77. The smallest absolute Gasteiger partial charge is 0.384 e. The van der Waals surface area contributed by atoms with E-state index in [1.165, 1.54) is 6.07 Å². The average Bonchev–Trinajstić information content (AvgIpc) is 2.18. The molecular weight excluding hydrogens is 224 g/mol. The summed E-state index contributed by atoms with van der Waals surface area (Å²) in [6, 6.07) is 4.99. The standard InChI is InChI=1S/C10H8F4N2/c11-8-1-2-9(7(5-8)6-15)16-4-3-10(12,13)14/h1-2,5,16H,3-4H2. The van der Waals surface area contributed by atoms with Crippen molar-refractivity contribution in [2.24, 2.45) is 0 Å². The Kier molecular flexibility index (Phi) is 3.72. The normalized spacial score (nSPS) is 10.9. The molecule has 6 heteroatoms. The number of halogens is 4. The Balaban J connectivity index is 2.65. The quantitative estimate of drug-likeness (QED) is 0.813. The molecule has 0 atom stereocenters. The molecule has 0 aromatic heterocycles. The van der Waals surface area contributed by atoms with Crippen LogP contribution in [0.25, 0.3) is 0 Å². The van der Waals surface area contributed by atoms with E-state index in [0.29, 0.717) is 0 Å². The minimum absolute atomic E-state index is 0.0119. The SMILES string of the molecule is N#Cc1cc(F)ccc1NCCC(F)(F)F. The predicted molar refractivity (Wildman–Crippen MR) is 50.3 cm³/mol. The fourth-order valence-electron chi connectivity index (χ4n) is 1.10. The van der Waals surface area contributed by atoms with Gasteiger partial charge in [-0.25, -0.2) is 4.39 Å². The fraction of sp³-hybridized carbons (Fsp3) is 0.300. The second-order valence-corrected chi connectivity index (χ2v) is 3.09. The van der Waals surface area contributed by atoms with Gasteiger partial charge in [0.25, 0.3) is 0 Å². The van der Waals surface area contributed by atoms with Crippen molar-refractivity contribution in [2.45, 2.75) is 12.6 Å². The summed E-state index contributed by atoms with van der Waals surface area (Å²) in [5, 5.41) is 11.1. The van der Waals surface area contributed by atoms with Gasteiger partial charge in [-0.15, -0.1) is 0 Å². The minimum atomic E-state index is -4.25. The second-order valence-electron chi connectivity index (χ2n) is 3.09. The van der Waals surface area contributed by atoms with Gasteiger partial charge in [0.2, 0.25) is 0 Å². The summed E-state index contributed by atoms with van der Waals surface area (Å²) in [4.78, 5) is 0. The van der Waals surface area contributed by atoms with Crippen molar-refractivity contribution in [3.63, 3.8) is 0 Å². The Morgan fingerprint density at radius 3 is 2.56 bits per heavy atom. The van der Waals surface area contributed by atoms with Crippen LogP contribution >= 0.6 is 0 Å². The Hall–Kier alpha value is -1.77. The highest BCUT2D eigenvalue weighted by Gasteiger charge is 2.26. The average molecular weight is 232 g/mol. The van der Waals surface area contributed by atoms with E-state index >= 15 is 0 Å². The molecule has 1 aromatic rings. The van der Waals surface area contributed by atoms with Crippen molar-refractivity contribution in [1.29, 1.82) is 5.26 Å². The highest BCUT2D eigenvalue weighted by molar-refractivity contribution is 5.57. The molecule has 0 radical (unpaired) electrons. The fourth-order valence-corrected chi connectivity index (χ4v) is 1.10. The number of hydrogen-bond acceptors (Lipinski definition) is 2. The summed E-state index contributed by atoms with van der Waals surface area (Å²) in [6.07, 6.45) is -5.25. The van der Waals surface area contributed by atoms with E-state index in [-0.39, 0.29) is 17.8 Å². The summed E-state index contributed by atoms with van der Waals surface area (Å²) in [5.74, 6) is -0.599. The molecule has 0 aliphatic heterocycles. The monoisotopic (exact) mass is 232 g/mol. The predicted octanol–water partition coefficient (Wildman–Crippen LogP) is 3.06. The van der Waals surface area contributed by atoms with Crippen LogP contribution < -0.4 is 5.32 Å². The number of benzene rings is 1. The van der Waals surface area contributed by atoms with Crippen molar-refractivity contribution in [2.75, 3.05) is 11.9 Å². The minimum Gasteiger partial charge on any atom is -0.384 e. The highest BCUT2D eigenvalue weighted by atomic mass is 19.4. The lowest BCUT2D eigenvalue weighted by atomic mass is 10.2. The van der Waals surface area contributed by atoms with Crippen LogP contribution in [0, 0.1) is 17.1 Å². The van der Waals surface area contributed by atoms with Crippen LogP contribution in [-0.2, 0) is 0 Å². The molecule has 0 saturated heterocycles. The van der Waals surface area contributed by atoms with Crippen LogP contribution in [0.1, 0.15) is 12.0 Å². The zero-order chi connectivity index (χ0) is 12.2. The summed E-state index contributed by atoms with van der Waals surface area (Å²) in [7, 11) is 0. The van der Waals surface area contributed by atoms with Crippen LogP contribution in [0.4, 0.5) is 23.2 Å². The van der Waals surface area contributed by atoms with Gasteiger partial charge < -0.3 is 5.32 Å². The van der Waals surface area contributed by atoms with Crippen molar-refractivity contribution in [3.8, 4) is 6.07 Å². The number of hydrogen-bond donors (Lipinski definition) is 1. The molecule has 0 unspecified atom stereocenters. The molecule has 16 heavy (non-hydrogen) atoms. The van der Waals surface area contributed by atoms with Crippen molar-refractivity contribution in [1.82, 2.24) is 0 Å². The molecule has 0 heterocycles. The van der Waals surface area contributed by atoms with E-state index in [0.717, 1.165) is 12.1 Å². The maximum atomic E-state index is 12.7. The molecule has 1 N–H and O–H groups in total. The van der Waals surface area contributed by atoms with Gasteiger partial charge in [-0.05, 0) is 18.2 Å². The molecule has 0 bridgehead atoms. The number of anilines is 1. The molecule has 0 spiro atoms. The van der Waals surface area contributed by atoms with Gasteiger partial charge in [-0.2, -0.15) is 18.4 Å². The van der Waals surface area contributed by atoms with Gasteiger partial charge in [-0.3, -0.25) is 0 Å². The lowest BCUT2D eigenvalue weighted by Gasteiger charge is -2.09. The Bertz CT molecular complexity index is 406. The molecule has 0 amide bonds. The first kappa shape index (κ1) is 12.3. The molecule has 2 nitrogen and oxygen atoms in total. The number of alkyl halides is 3. The first-order chi connectivity index (χ1) is 7.42. The van der Waals surface area contributed by atoms with E-state index in [1.807, 2.05) is 0 Å². The van der Waals surface area contributed by atoms with Crippen molar-refractivity contribution < 1.29 is 17.6 Å². The zero-order valence-corrected chi connectivity index (χ0v) is 8.11. The van der Waals surface area contributed by atoms with Crippen LogP contribution in [0.15, 0.2) is 18.2 Å². The highest BCUT2D eigenvalue weighted by Crippen LogP contribution is 2.21. The Morgan fingerprint density at radius 1 is 1.31 bits per heavy atom. The van der Waals surface area contributed by atoms with Crippen molar-refractivity contribution in [3.05, 3.63) is 29.6 Å². The lowest BCUT2D eigenvalue weighted by molar-refractivity contribution is -0.131. The Morgan fingerprint density at radius 2 is 2.00 bits per heavy atom. The summed E-state index contributed by atoms with van der Waals surface area (Å²) < 4.78 is 48.2. The van der Waals surface area contributed by atoms with E-state index in [4.69, 9.17) is 5.26 Å². The van der Waals surface area contributed by atoms with Crippen LogP contribution in [-0.4, -0.2) is 12.7 Å². The van der Waals surface area contributed by atoms with Gasteiger partial charge in [0.05, 0.1) is 17.7 Å². The largest absolute Gasteiger partial charge is 0.390 e. The molecule has 1 aromatic carbocycles. The Labute approximate surface area is 89.5 Å². The number of nitrogens with one attached hydrogen (secondary N) is 1. The molecule has 1 rings (SSSR count). The topological polar surface area (TPSA) is 35.8 Å². The van der Waals surface area contributed by atoms with Gasteiger partial charge in [0, 0.05) is 6.54 Å². The van der Waals surface area contributed by atoms with Crippen LogP contribution in [0.3, 0.4) is 0 Å². The number of nitriles is 1. The second kappa shape index (κ2) is 4.84.